The van der Waals surface area contributed by atoms with Crippen LogP contribution in [0.25, 0.3) is 5.01 Å². The molecule has 0 spiro atoms. The fraction of sp³-hybridized carbons (Fsp3) is 0.375. The summed E-state index contributed by atoms with van der Waals surface area (Å²) in [5.41, 5.74) is 1.98. The highest BCUT2D eigenvalue weighted by Gasteiger charge is 2.10. The second-order valence-corrected chi connectivity index (χ2v) is 3.85. The number of hydrogen-bond donors (Lipinski definition) is 0. The van der Waals surface area contributed by atoms with Crippen LogP contribution in [0.4, 0.5) is 0 Å². The summed E-state index contributed by atoms with van der Waals surface area (Å²) in [6, 6.07) is 2.44. The first-order valence-corrected chi connectivity index (χ1v) is 4.13. The Bertz CT molecular complexity index is 330. The van der Waals surface area contributed by atoms with Gasteiger partial charge in [0.15, 0.2) is 0 Å². The first kappa shape index (κ1) is 8.09. The number of thiophene rings is 1. The molecular formula is C8H9NOS. The maximum atomic E-state index is 9.93. The third-order valence-corrected chi connectivity index (χ3v) is 2.84. The summed E-state index contributed by atoms with van der Waals surface area (Å²) in [6.07, 6.45) is 0. The van der Waals surface area contributed by atoms with E-state index >= 15 is 0 Å². The molecule has 0 bridgehead atoms. The van der Waals surface area contributed by atoms with Crippen molar-refractivity contribution in [1.82, 2.24) is 0 Å². The molecule has 0 aliphatic carbocycles. The number of nitrogens with zero attached hydrogens (tertiary/aromatic N) is 1. The Hall–Kier alpha value is -1.01. The third kappa shape index (κ3) is 1.36. The van der Waals surface area contributed by atoms with Crippen molar-refractivity contribution in [3.05, 3.63) is 31.1 Å². The molecule has 0 amide bonds. The molecule has 0 aliphatic heterocycles. The van der Waals surface area contributed by atoms with E-state index in [0.717, 1.165) is 16.0 Å². The van der Waals surface area contributed by atoms with Crippen LogP contribution in [0.1, 0.15) is 20.9 Å². The van der Waals surface area contributed by atoms with E-state index in [1.165, 1.54) is 4.88 Å². The van der Waals surface area contributed by atoms with Crippen LogP contribution in [0, 0.1) is 32.0 Å². The quantitative estimate of drug-likeness (QED) is 0.546. The van der Waals surface area contributed by atoms with Crippen molar-refractivity contribution in [3.8, 4) is 6.07 Å². The molecule has 1 rings (SSSR count). The van der Waals surface area contributed by atoms with Gasteiger partial charge in [-0.05, 0) is 26.3 Å². The van der Waals surface area contributed by atoms with Gasteiger partial charge in [0.25, 0.3) is 0 Å². The zero-order valence-corrected chi connectivity index (χ0v) is 7.58. The Balaban J connectivity index is 3.30. The second-order valence-electron chi connectivity index (χ2n) is 2.42. The molecule has 0 saturated carbocycles. The van der Waals surface area contributed by atoms with Gasteiger partial charge in [0.2, 0.25) is 0 Å². The van der Waals surface area contributed by atoms with E-state index in [9.17, 15) is 5.21 Å². The minimum Gasteiger partial charge on any atom is -0.498 e. The average Bonchev–Trinajstić information content (AvgIpc) is 2.17. The van der Waals surface area contributed by atoms with Crippen molar-refractivity contribution in [3.63, 3.8) is 0 Å². The summed E-state index contributed by atoms with van der Waals surface area (Å²) in [7, 11) is 0. The molecule has 3 heteroatoms. The highest BCUT2D eigenvalue weighted by Crippen LogP contribution is 2.25. The van der Waals surface area contributed by atoms with Crippen molar-refractivity contribution >= 4 is 11.3 Å². The Morgan fingerprint density at radius 1 is 1.27 bits per heavy atom. The van der Waals surface area contributed by atoms with Gasteiger partial charge in [0, 0.05) is 14.8 Å². The van der Waals surface area contributed by atoms with E-state index in [-0.39, 0.29) is 0 Å². The van der Waals surface area contributed by atoms with Gasteiger partial charge in [-0.1, -0.05) is 0 Å². The molecular weight excluding hydrogens is 158 g/mol. The molecule has 11 heavy (non-hydrogen) atoms. The Kier molecular flexibility index (Phi) is 2.16. The summed E-state index contributed by atoms with van der Waals surface area (Å²) < 4.78 is 0. The molecule has 2 nitrogen and oxygen atoms in total. The summed E-state index contributed by atoms with van der Waals surface area (Å²) in [5, 5.41) is 12.6. The van der Waals surface area contributed by atoms with Crippen LogP contribution in [-0.4, -0.2) is 0 Å². The van der Waals surface area contributed by atoms with E-state index in [1.807, 2.05) is 20.8 Å². The van der Waals surface area contributed by atoms with Gasteiger partial charge < -0.3 is 5.21 Å². The molecule has 0 N–H and O–H groups in total. The lowest BCUT2D eigenvalue weighted by Crippen LogP contribution is -1.76. The van der Waals surface area contributed by atoms with Crippen LogP contribution in [0.3, 0.4) is 0 Å². The SMILES string of the molecule is Cc1sc(C)c(C#[N+][O-])c1C. The molecule has 0 unspecified atom stereocenters. The smallest absolute Gasteiger partial charge is 0.338 e. The Labute approximate surface area is 69.9 Å². The zero-order valence-electron chi connectivity index (χ0n) is 6.76. The molecule has 1 aromatic heterocycles. The lowest BCUT2D eigenvalue weighted by Gasteiger charge is -1.83. The maximum absolute atomic E-state index is 9.93. The lowest BCUT2D eigenvalue weighted by atomic mass is 10.1. The molecule has 0 saturated heterocycles. The normalized spacial score (nSPS) is 9.00. The van der Waals surface area contributed by atoms with Crippen LogP contribution in [-0.2, 0) is 0 Å². The van der Waals surface area contributed by atoms with E-state index < -0.39 is 0 Å². The molecule has 58 valence electrons. The van der Waals surface area contributed by atoms with E-state index in [2.05, 4.69) is 11.1 Å². The summed E-state index contributed by atoms with van der Waals surface area (Å²) in [5.74, 6) is 0. The predicted octanol–water partition coefficient (Wildman–Crippen LogP) is 2.85. The van der Waals surface area contributed by atoms with Crippen LogP contribution >= 0.6 is 11.3 Å². The molecule has 0 aromatic carbocycles. The van der Waals surface area contributed by atoms with E-state index in [4.69, 9.17) is 0 Å². The predicted molar refractivity (Wildman–Crippen MR) is 48.2 cm³/mol. The van der Waals surface area contributed by atoms with Gasteiger partial charge in [0.1, 0.15) is 5.56 Å². The average molecular weight is 167 g/mol. The number of hydrogen-bond acceptors (Lipinski definition) is 2. The number of rotatable bonds is 0. The van der Waals surface area contributed by atoms with Crippen LogP contribution in [0.2, 0.25) is 0 Å². The summed E-state index contributed by atoms with van der Waals surface area (Å²) in [4.78, 5) is 2.34. The third-order valence-electron chi connectivity index (χ3n) is 1.72. The van der Waals surface area contributed by atoms with Gasteiger partial charge >= 0.3 is 6.07 Å². The summed E-state index contributed by atoms with van der Waals surface area (Å²) in [6.45, 7) is 5.98. The van der Waals surface area contributed by atoms with Crippen LogP contribution in [0.5, 0.6) is 0 Å². The molecule has 1 heterocycles. The van der Waals surface area contributed by atoms with Crippen LogP contribution < -0.4 is 0 Å². The first-order chi connectivity index (χ1) is 5.16. The van der Waals surface area contributed by atoms with Crippen molar-refractivity contribution in [2.24, 2.45) is 0 Å². The highest BCUT2D eigenvalue weighted by atomic mass is 32.1. The van der Waals surface area contributed by atoms with Gasteiger partial charge in [-0.2, -0.15) is 0 Å². The fourth-order valence-corrected chi connectivity index (χ4v) is 2.02. The van der Waals surface area contributed by atoms with Crippen molar-refractivity contribution in [2.45, 2.75) is 20.8 Å². The fourth-order valence-electron chi connectivity index (χ4n) is 1.01. The topological polar surface area (TPSA) is 27.4 Å². The van der Waals surface area contributed by atoms with Gasteiger partial charge in [0.05, 0.1) is 0 Å². The molecule has 0 radical (unpaired) electrons. The van der Waals surface area contributed by atoms with Gasteiger partial charge in [-0.15, -0.1) is 11.3 Å². The monoisotopic (exact) mass is 167 g/mol. The van der Waals surface area contributed by atoms with E-state index in [0.29, 0.717) is 0 Å². The zero-order chi connectivity index (χ0) is 8.43. The van der Waals surface area contributed by atoms with Crippen molar-refractivity contribution < 1.29 is 0 Å². The van der Waals surface area contributed by atoms with Crippen molar-refractivity contribution in [2.75, 3.05) is 0 Å². The highest BCUT2D eigenvalue weighted by molar-refractivity contribution is 7.12. The number of aryl methyl sites for hydroxylation is 2. The maximum Gasteiger partial charge on any atom is 0.338 e. The van der Waals surface area contributed by atoms with Gasteiger partial charge in [-0.25, -0.2) is 0 Å². The summed E-state index contributed by atoms with van der Waals surface area (Å²) >= 11 is 1.67. The second kappa shape index (κ2) is 2.93. The first-order valence-electron chi connectivity index (χ1n) is 3.31. The standard InChI is InChI=1S/C8H9NOS/c1-5-6(2)11-7(3)8(5)4-9-10/h1-3H3. The molecule has 0 fully saturated rings. The molecule has 1 aromatic rings. The van der Waals surface area contributed by atoms with Crippen LogP contribution in [0.15, 0.2) is 0 Å². The molecule has 0 aliphatic rings. The minimum atomic E-state index is 0.863. The molecule has 0 atom stereocenters. The van der Waals surface area contributed by atoms with Gasteiger partial charge in [-0.3, -0.25) is 0 Å². The van der Waals surface area contributed by atoms with E-state index in [1.54, 1.807) is 11.3 Å². The Morgan fingerprint density at radius 2 is 1.91 bits per heavy atom. The lowest BCUT2D eigenvalue weighted by molar-refractivity contribution is 1.40. The van der Waals surface area contributed by atoms with Crippen molar-refractivity contribution in [1.29, 1.82) is 0 Å². The minimum absolute atomic E-state index is 0.863. The largest absolute Gasteiger partial charge is 0.498 e. The Morgan fingerprint density at radius 3 is 2.27 bits per heavy atom.